The van der Waals surface area contributed by atoms with Crippen molar-refractivity contribution in [2.45, 2.75) is 36.6 Å². The molecule has 1 N–H and O–H groups in total. The van der Waals surface area contributed by atoms with Crippen molar-refractivity contribution in [2.75, 3.05) is 11.6 Å². The number of imidazole rings is 1. The van der Waals surface area contributed by atoms with Crippen LogP contribution >= 0.6 is 0 Å². The Morgan fingerprint density at radius 2 is 1.86 bits per heavy atom. The van der Waals surface area contributed by atoms with Gasteiger partial charge in [0, 0.05) is 30.4 Å². The normalized spacial score (nSPS) is 16.2. The van der Waals surface area contributed by atoms with E-state index in [0.717, 1.165) is 11.6 Å². The Kier molecular flexibility index (Phi) is 3.71. The van der Waals surface area contributed by atoms with E-state index in [1.165, 1.54) is 31.9 Å². The molecule has 0 unspecified atom stereocenters. The lowest BCUT2D eigenvalue weighted by atomic mass is 10.2. The molecule has 0 amide bonds. The van der Waals surface area contributed by atoms with E-state index in [2.05, 4.69) is 14.9 Å². The molecule has 1 aliphatic carbocycles. The molecule has 1 heterocycles. The molecule has 0 radical (unpaired) electrons. The third kappa shape index (κ3) is 3.10. The maximum absolute atomic E-state index is 11.5. The minimum Gasteiger partial charge on any atom is -0.326 e. The molecule has 0 atom stereocenters. The highest BCUT2D eigenvalue weighted by Crippen LogP contribution is 2.32. The Labute approximate surface area is 124 Å². The average Bonchev–Trinajstić information content (AvgIpc) is 3.08. The molecule has 3 rings (SSSR count). The molecular formula is C15H19N3O2S. The van der Waals surface area contributed by atoms with E-state index in [-0.39, 0.29) is 0 Å². The van der Waals surface area contributed by atoms with Crippen LogP contribution in [0.15, 0.2) is 41.6 Å². The average molecular weight is 305 g/mol. The van der Waals surface area contributed by atoms with Crippen molar-refractivity contribution in [3.05, 3.63) is 36.7 Å². The molecule has 0 aliphatic heterocycles. The number of nitrogens with zero attached hydrogens (tertiary/aromatic N) is 2. The zero-order chi connectivity index (χ0) is 14.9. The standard InChI is InChI=1S/C15H19N3O2S/c1-21(19,20)14-8-6-12(7-9-14)17-15-16-10-11-18(15)13-4-2-3-5-13/h6-11,13H,2-5H2,1H3,(H,16,17). The minimum atomic E-state index is -3.15. The largest absolute Gasteiger partial charge is 0.326 e. The first-order valence-electron chi connectivity index (χ1n) is 7.14. The van der Waals surface area contributed by atoms with E-state index in [9.17, 15) is 8.42 Å². The highest BCUT2D eigenvalue weighted by atomic mass is 32.2. The van der Waals surface area contributed by atoms with E-state index >= 15 is 0 Å². The van der Waals surface area contributed by atoms with Gasteiger partial charge in [0.2, 0.25) is 5.95 Å². The maximum atomic E-state index is 11.5. The molecule has 1 aromatic carbocycles. The van der Waals surface area contributed by atoms with Crippen molar-refractivity contribution in [3.63, 3.8) is 0 Å². The summed E-state index contributed by atoms with van der Waals surface area (Å²) < 4.78 is 25.1. The summed E-state index contributed by atoms with van der Waals surface area (Å²) in [4.78, 5) is 4.69. The van der Waals surface area contributed by atoms with Crippen LogP contribution in [0.3, 0.4) is 0 Å². The Hall–Kier alpha value is -1.82. The second-order valence-electron chi connectivity index (χ2n) is 5.52. The number of aromatic nitrogens is 2. The van der Waals surface area contributed by atoms with Crippen LogP contribution < -0.4 is 5.32 Å². The van der Waals surface area contributed by atoms with Crippen LogP contribution in [0.4, 0.5) is 11.6 Å². The van der Waals surface area contributed by atoms with Crippen molar-refractivity contribution in [1.82, 2.24) is 9.55 Å². The number of hydrogen-bond donors (Lipinski definition) is 1. The van der Waals surface area contributed by atoms with Crippen LogP contribution in [0.2, 0.25) is 0 Å². The quantitative estimate of drug-likeness (QED) is 0.942. The van der Waals surface area contributed by atoms with Gasteiger partial charge in [-0.2, -0.15) is 0 Å². The molecule has 0 bridgehead atoms. The molecule has 1 aliphatic rings. The van der Waals surface area contributed by atoms with Gasteiger partial charge in [-0.25, -0.2) is 13.4 Å². The van der Waals surface area contributed by atoms with Gasteiger partial charge in [-0.15, -0.1) is 0 Å². The predicted molar refractivity (Wildman–Crippen MR) is 82.6 cm³/mol. The van der Waals surface area contributed by atoms with E-state index in [0.29, 0.717) is 10.9 Å². The van der Waals surface area contributed by atoms with Gasteiger partial charge >= 0.3 is 0 Å². The second-order valence-corrected chi connectivity index (χ2v) is 7.53. The van der Waals surface area contributed by atoms with Crippen LogP contribution in [0.5, 0.6) is 0 Å². The van der Waals surface area contributed by atoms with Crippen molar-refractivity contribution in [1.29, 1.82) is 0 Å². The van der Waals surface area contributed by atoms with Crippen LogP contribution in [-0.2, 0) is 9.84 Å². The molecule has 1 aromatic heterocycles. The lowest BCUT2D eigenvalue weighted by Crippen LogP contribution is -2.08. The Morgan fingerprint density at radius 1 is 1.19 bits per heavy atom. The fourth-order valence-corrected chi connectivity index (χ4v) is 3.43. The smallest absolute Gasteiger partial charge is 0.207 e. The van der Waals surface area contributed by atoms with E-state index in [1.54, 1.807) is 30.5 Å². The predicted octanol–water partition coefficient (Wildman–Crippen LogP) is 3.15. The van der Waals surface area contributed by atoms with Crippen molar-refractivity contribution >= 4 is 21.5 Å². The van der Waals surface area contributed by atoms with Crippen LogP contribution in [0, 0.1) is 0 Å². The van der Waals surface area contributed by atoms with Crippen molar-refractivity contribution < 1.29 is 8.42 Å². The molecule has 2 aromatic rings. The van der Waals surface area contributed by atoms with Gasteiger partial charge in [0.05, 0.1) is 4.90 Å². The van der Waals surface area contributed by atoms with Gasteiger partial charge in [0.25, 0.3) is 0 Å². The molecule has 1 fully saturated rings. The number of sulfone groups is 1. The highest BCUT2D eigenvalue weighted by Gasteiger charge is 2.19. The minimum absolute atomic E-state index is 0.326. The van der Waals surface area contributed by atoms with Gasteiger partial charge in [-0.05, 0) is 37.1 Å². The summed E-state index contributed by atoms with van der Waals surface area (Å²) in [6.45, 7) is 0. The summed E-state index contributed by atoms with van der Waals surface area (Å²) in [6, 6.07) is 7.28. The molecule has 21 heavy (non-hydrogen) atoms. The molecular weight excluding hydrogens is 286 g/mol. The molecule has 0 saturated heterocycles. The SMILES string of the molecule is CS(=O)(=O)c1ccc(Nc2nccn2C2CCCC2)cc1. The first-order chi connectivity index (χ1) is 10.0. The van der Waals surface area contributed by atoms with Crippen LogP contribution in [0.1, 0.15) is 31.7 Å². The number of rotatable bonds is 4. The molecule has 0 spiro atoms. The van der Waals surface area contributed by atoms with Crippen LogP contribution in [-0.4, -0.2) is 24.2 Å². The maximum Gasteiger partial charge on any atom is 0.207 e. The fraction of sp³-hybridized carbons (Fsp3) is 0.400. The van der Waals surface area contributed by atoms with E-state index in [4.69, 9.17) is 0 Å². The topological polar surface area (TPSA) is 64.0 Å². The summed E-state index contributed by atoms with van der Waals surface area (Å²) in [5, 5.41) is 3.27. The van der Waals surface area contributed by atoms with E-state index < -0.39 is 9.84 Å². The van der Waals surface area contributed by atoms with Gasteiger partial charge in [0.1, 0.15) is 0 Å². The van der Waals surface area contributed by atoms with Crippen molar-refractivity contribution in [3.8, 4) is 0 Å². The third-order valence-corrected chi connectivity index (χ3v) is 5.05. The van der Waals surface area contributed by atoms with Gasteiger partial charge in [-0.3, -0.25) is 0 Å². The molecule has 6 heteroatoms. The second kappa shape index (κ2) is 5.52. The van der Waals surface area contributed by atoms with Crippen LogP contribution in [0.25, 0.3) is 0 Å². The highest BCUT2D eigenvalue weighted by molar-refractivity contribution is 7.90. The van der Waals surface area contributed by atoms with Gasteiger partial charge < -0.3 is 9.88 Å². The zero-order valence-electron chi connectivity index (χ0n) is 12.0. The third-order valence-electron chi connectivity index (χ3n) is 3.93. The molecule has 5 nitrogen and oxygen atoms in total. The Bertz CT molecular complexity index is 714. The molecule has 112 valence electrons. The lowest BCUT2D eigenvalue weighted by molar-refractivity contribution is 0.525. The van der Waals surface area contributed by atoms with Gasteiger partial charge in [-0.1, -0.05) is 12.8 Å². The summed E-state index contributed by atoms with van der Waals surface area (Å²) >= 11 is 0. The Morgan fingerprint density at radius 3 is 2.48 bits per heavy atom. The zero-order valence-corrected chi connectivity index (χ0v) is 12.8. The number of benzene rings is 1. The van der Waals surface area contributed by atoms with Crippen molar-refractivity contribution in [2.24, 2.45) is 0 Å². The summed E-state index contributed by atoms with van der Waals surface area (Å²) in [5.41, 5.74) is 0.841. The summed E-state index contributed by atoms with van der Waals surface area (Å²) in [6.07, 6.45) is 9.93. The first-order valence-corrected chi connectivity index (χ1v) is 9.03. The van der Waals surface area contributed by atoms with E-state index in [1.807, 2.05) is 6.20 Å². The number of anilines is 2. The molecule has 1 saturated carbocycles. The number of nitrogens with one attached hydrogen (secondary N) is 1. The monoisotopic (exact) mass is 305 g/mol. The fourth-order valence-electron chi connectivity index (χ4n) is 2.80. The summed E-state index contributed by atoms with van der Waals surface area (Å²) in [5.74, 6) is 0.814. The Balaban J connectivity index is 1.79. The summed E-state index contributed by atoms with van der Waals surface area (Å²) in [7, 11) is -3.15. The lowest BCUT2D eigenvalue weighted by Gasteiger charge is -2.15. The number of hydrogen-bond acceptors (Lipinski definition) is 4. The van der Waals surface area contributed by atoms with Gasteiger partial charge in [0.15, 0.2) is 9.84 Å². The first kappa shape index (κ1) is 14.1.